The van der Waals surface area contributed by atoms with Crippen LogP contribution in [-0.2, 0) is 0 Å². The summed E-state index contributed by atoms with van der Waals surface area (Å²) >= 11 is 0. The summed E-state index contributed by atoms with van der Waals surface area (Å²) in [7, 11) is 0. The number of anilines is 3. The molecule has 0 aliphatic carbocycles. The fourth-order valence-electron chi connectivity index (χ4n) is 6.96. The molecule has 226 valence electrons. The van der Waals surface area contributed by atoms with E-state index in [4.69, 9.17) is 4.42 Å². The smallest absolute Gasteiger partial charge is 0.137 e. The van der Waals surface area contributed by atoms with Gasteiger partial charge in [0.25, 0.3) is 0 Å². The van der Waals surface area contributed by atoms with Crippen molar-refractivity contribution >= 4 is 49.8 Å². The van der Waals surface area contributed by atoms with Crippen LogP contribution in [0.1, 0.15) is 0 Å². The number of rotatable bonds is 6. The molecule has 2 heteroatoms. The topological polar surface area (TPSA) is 16.4 Å². The van der Waals surface area contributed by atoms with Gasteiger partial charge in [0.05, 0.1) is 0 Å². The van der Waals surface area contributed by atoms with E-state index in [0.29, 0.717) is 0 Å². The molecule has 1 heterocycles. The van der Waals surface area contributed by atoms with Crippen LogP contribution < -0.4 is 4.90 Å². The Bertz CT molecular complexity index is 2530. The molecule has 1 aromatic heterocycles. The van der Waals surface area contributed by atoms with Gasteiger partial charge in [-0.1, -0.05) is 140 Å². The van der Waals surface area contributed by atoms with E-state index in [9.17, 15) is 0 Å². The molecule has 0 N–H and O–H groups in total. The minimum atomic E-state index is 0.864. The van der Waals surface area contributed by atoms with Crippen molar-refractivity contribution in [2.75, 3.05) is 4.90 Å². The first-order valence-electron chi connectivity index (χ1n) is 16.3. The molecule has 9 rings (SSSR count). The summed E-state index contributed by atoms with van der Waals surface area (Å²) in [6.07, 6.45) is 0. The summed E-state index contributed by atoms with van der Waals surface area (Å²) in [5.41, 5.74) is 12.0. The van der Waals surface area contributed by atoms with Gasteiger partial charge in [0.2, 0.25) is 0 Å². The molecular weight excluding hydrogens is 583 g/mol. The highest BCUT2D eigenvalue weighted by Gasteiger charge is 2.19. The summed E-state index contributed by atoms with van der Waals surface area (Å²) in [4.78, 5) is 2.32. The minimum absolute atomic E-state index is 0.864. The normalized spacial score (nSPS) is 11.3. The molecule has 0 unspecified atom stereocenters. The van der Waals surface area contributed by atoms with Crippen LogP contribution in [0.5, 0.6) is 0 Å². The highest BCUT2D eigenvalue weighted by atomic mass is 16.3. The first-order valence-corrected chi connectivity index (χ1v) is 16.3. The molecule has 0 saturated heterocycles. The maximum atomic E-state index is 6.73. The van der Waals surface area contributed by atoms with Gasteiger partial charge in [-0.3, -0.25) is 0 Å². The van der Waals surface area contributed by atoms with Crippen LogP contribution in [0.25, 0.3) is 66.1 Å². The van der Waals surface area contributed by atoms with Gasteiger partial charge in [0.1, 0.15) is 11.2 Å². The number of benzene rings is 8. The van der Waals surface area contributed by atoms with Gasteiger partial charge in [-0.2, -0.15) is 0 Å². The Morgan fingerprint density at radius 2 is 0.854 bits per heavy atom. The number of nitrogens with zero attached hydrogens (tertiary/aromatic N) is 1. The van der Waals surface area contributed by atoms with E-state index >= 15 is 0 Å². The van der Waals surface area contributed by atoms with Gasteiger partial charge in [0.15, 0.2) is 0 Å². The summed E-state index contributed by atoms with van der Waals surface area (Å²) in [5.74, 6) is 0. The third kappa shape index (κ3) is 4.92. The van der Waals surface area contributed by atoms with Crippen LogP contribution in [0.2, 0.25) is 0 Å². The van der Waals surface area contributed by atoms with Crippen LogP contribution in [0, 0.1) is 0 Å². The Balaban J connectivity index is 1.22. The predicted molar refractivity (Wildman–Crippen MR) is 202 cm³/mol. The molecule has 0 amide bonds. The Kier molecular flexibility index (Phi) is 6.84. The molecule has 0 fully saturated rings. The summed E-state index contributed by atoms with van der Waals surface area (Å²) < 4.78 is 6.73. The zero-order chi connectivity index (χ0) is 31.9. The maximum absolute atomic E-state index is 6.73. The third-order valence-corrected chi connectivity index (χ3v) is 9.25. The highest BCUT2D eigenvalue weighted by Crippen LogP contribution is 2.43. The minimum Gasteiger partial charge on any atom is -0.456 e. The molecule has 0 aliphatic heterocycles. The van der Waals surface area contributed by atoms with Crippen LogP contribution in [0.4, 0.5) is 17.1 Å². The monoisotopic (exact) mass is 613 g/mol. The van der Waals surface area contributed by atoms with E-state index < -0.39 is 0 Å². The van der Waals surface area contributed by atoms with Gasteiger partial charge >= 0.3 is 0 Å². The predicted octanol–water partition coefficient (Wildman–Crippen LogP) is 13.2. The second-order valence-corrected chi connectivity index (χ2v) is 12.2. The molecule has 0 atom stereocenters. The van der Waals surface area contributed by atoms with Crippen molar-refractivity contribution in [2.45, 2.75) is 0 Å². The Hall–Kier alpha value is -6.38. The zero-order valence-corrected chi connectivity index (χ0v) is 26.3. The van der Waals surface area contributed by atoms with E-state index in [0.717, 1.165) is 39.0 Å². The SMILES string of the molecule is c1ccc(-c2ccc(N(c3cccc(-c4ccccc4)c3)c3ccc4c(c3)oc3cc(-c5ccccc5)c5ccccc5c34)cc2)cc1. The van der Waals surface area contributed by atoms with Crippen molar-refractivity contribution in [3.8, 4) is 33.4 Å². The van der Waals surface area contributed by atoms with Crippen molar-refractivity contribution < 1.29 is 4.42 Å². The van der Waals surface area contributed by atoms with E-state index in [1.165, 1.54) is 44.2 Å². The van der Waals surface area contributed by atoms with Gasteiger partial charge in [0, 0.05) is 33.9 Å². The lowest BCUT2D eigenvalue weighted by molar-refractivity contribution is 0.669. The maximum Gasteiger partial charge on any atom is 0.137 e. The molecule has 0 aliphatic rings. The molecule has 9 aromatic rings. The van der Waals surface area contributed by atoms with E-state index in [2.05, 4.69) is 193 Å². The number of hydrogen-bond acceptors (Lipinski definition) is 2. The summed E-state index contributed by atoms with van der Waals surface area (Å²) in [6.45, 7) is 0. The first-order chi connectivity index (χ1) is 23.8. The van der Waals surface area contributed by atoms with Crippen molar-refractivity contribution in [3.63, 3.8) is 0 Å². The lowest BCUT2D eigenvalue weighted by Crippen LogP contribution is -2.10. The summed E-state index contributed by atoms with van der Waals surface area (Å²) in [5, 5.41) is 4.68. The molecule has 8 aromatic carbocycles. The van der Waals surface area contributed by atoms with Crippen LogP contribution in [0.15, 0.2) is 192 Å². The molecule has 0 spiro atoms. The average molecular weight is 614 g/mol. The average Bonchev–Trinajstić information content (AvgIpc) is 3.54. The standard InChI is InChI=1S/C46H31NO/c1-4-13-32(14-5-1)34-23-25-37(26-24-34)47(38-20-12-19-36(29-38)33-15-6-2-7-16-33)39-27-28-42-44(30-39)48-45-31-43(35-17-8-3-9-18-35)40-21-10-11-22-41(40)46(42)45/h1-31H. The Labute approximate surface area is 279 Å². The quantitative estimate of drug-likeness (QED) is 0.185. The lowest BCUT2D eigenvalue weighted by Gasteiger charge is -2.26. The van der Waals surface area contributed by atoms with Crippen molar-refractivity contribution in [1.29, 1.82) is 0 Å². The fraction of sp³-hybridized carbons (Fsp3) is 0. The van der Waals surface area contributed by atoms with Gasteiger partial charge < -0.3 is 9.32 Å². The van der Waals surface area contributed by atoms with Gasteiger partial charge in [-0.25, -0.2) is 0 Å². The lowest BCUT2D eigenvalue weighted by atomic mass is 9.95. The van der Waals surface area contributed by atoms with Crippen LogP contribution in [0.3, 0.4) is 0 Å². The molecule has 48 heavy (non-hydrogen) atoms. The summed E-state index contributed by atoms with van der Waals surface area (Å²) in [6, 6.07) is 66.7. The van der Waals surface area contributed by atoms with E-state index in [1.807, 2.05) is 0 Å². The second-order valence-electron chi connectivity index (χ2n) is 12.2. The Morgan fingerprint density at radius 1 is 0.312 bits per heavy atom. The molecule has 0 bridgehead atoms. The van der Waals surface area contributed by atoms with Crippen LogP contribution >= 0.6 is 0 Å². The zero-order valence-electron chi connectivity index (χ0n) is 26.3. The van der Waals surface area contributed by atoms with Gasteiger partial charge in [-0.15, -0.1) is 0 Å². The molecule has 0 radical (unpaired) electrons. The van der Waals surface area contributed by atoms with Gasteiger partial charge in [-0.05, 0) is 86.6 Å². The molecular formula is C46H31NO. The van der Waals surface area contributed by atoms with Crippen molar-refractivity contribution in [2.24, 2.45) is 0 Å². The first kappa shape index (κ1) is 27.9. The number of fused-ring (bicyclic) bond motifs is 5. The third-order valence-electron chi connectivity index (χ3n) is 9.25. The largest absolute Gasteiger partial charge is 0.456 e. The second kappa shape index (κ2) is 11.8. The number of hydrogen-bond donors (Lipinski definition) is 0. The number of furan rings is 1. The van der Waals surface area contributed by atoms with Crippen molar-refractivity contribution in [3.05, 3.63) is 188 Å². The van der Waals surface area contributed by atoms with Crippen LogP contribution in [-0.4, -0.2) is 0 Å². The van der Waals surface area contributed by atoms with Crippen molar-refractivity contribution in [1.82, 2.24) is 0 Å². The molecule has 2 nitrogen and oxygen atoms in total. The molecule has 0 saturated carbocycles. The highest BCUT2D eigenvalue weighted by molar-refractivity contribution is 6.22. The van der Waals surface area contributed by atoms with E-state index in [-0.39, 0.29) is 0 Å². The Morgan fingerprint density at radius 3 is 1.56 bits per heavy atom. The fourth-order valence-corrected chi connectivity index (χ4v) is 6.96. The van der Waals surface area contributed by atoms with E-state index in [1.54, 1.807) is 0 Å².